The highest BCUT2D eigenvalue weighted by molar-refractivity contribution is 8.13. The first-order valence-corrected chi connectivity index (χ1v) is 23.1. The van der Waals surface area contributed by atoms with Crippen LogP contribution < -0.4 is 16.4 Å². The molecule has 7 atom stereocenters. The van der Waals surface area contributed by atoms with E-state index < -0.39 is 84.6 Å². The minimum absolute atomic E-state index is 0.0236. The number of rotatable bonds is 26. The molecule has 3 heterocycles. The zero-order chi connectivity index (χ0) is 44.2. The highest BCUT2D eigenvalue weighted by atomic mass is 32.2. The largest absolute Gasteiger partial charge is 0.481 e. The van der Waals surface area contributed by atoms with E-state index >= 15 is 0 Å². The van der Waals surface area contributed by atoms with Crippen LogP contribution in [0, 0.1) is 5.41 Å². The van der Waals surface area contributed by atoms with Crippen LogP contribution in [-0.2, 0) is 55.5 Å². The lowest BCUT2D eigenvalue weighted by atomic mass is 9.87. The molecule has 0 radical (unpaired) electrons. The number of carbonyl (C=O) groups excluding carboxylic acids is 4. The van der Waals surface area contributed by atoms with Crippen LogP contribution >= 0.6 is 35.2 Å². The highest BCUT2D eigenvalue weighted by Gasteiger charge is 2.50. The number of thioether (sulfide) groups is 1. The van der Waals surface area contributed by atoms with E-state index in [0.717, 1.165) is 41.8 Å². The third kappa shape index (κ3) is 16.4. The lowest BCUT2D eigenvalue weighted by Crippen LogP contribution is -2.46. The minimum Gasteiger partial charge on any atom is -0.386 e. The van der Waals surface area contributed by atoms with Crippen molar-refractivity contribution in [2.45, 2.75) is 83.0 Å². The van der Waals surface area contributed by atoms with Gasteiger partial charge in [-0.05, 0) is 19.3 Å². The quantitative estimate of drug-likeness (QED) is 0.0266. The Morgan fingerprint density at radius 1 is 1.05 bits per heavy atom. The summed E-state index contributed by atoms with van der Waals surface area (Å²) in [7, 11) is -16.4. The Bertz CT molecular complexity index is 1950. The van der Waals surface area contributed by atoms with Crippen molar-refractivity contribution >= 4 is 74.9 Å². The van der Waals surface area contributed by atoms with E-state index in [0.29, 0.717) is 12.8 Å². The molecule has 0 aromatic carbocycles. The number of aliphatic hydroxyl groups is 2. The molecule has 59 heavy (non-hydrogen) atoms. The molecule has 10 N–H and O–H groups in total. The summed E-state index contributed by atoms with van der Waals surface area (Å²) in [6.45, 7) is 3.90. The van der Waals surface area contributed by atoms with Crippen LogP contribution in [0.4, 0.5) is 5.82 Å². The number of amides is 2. The molecule has 0 saturated carbocycles. The fourth-order valence-corrected chi connectivity index (χ4v) is 8.73. The zero-order valence-corrected chi connectivity index (χ0v) is 35.3. The van der Waals surface area contributed by atoms with Gasteiger partial charge in [0.15, 0.2) is 22.8 Å². The van der Waals surface area contributed by atoms with E-state index in [-0.39, 0.29) is 59.6 Å². The Balaban J connectivity index is 1.44. The molecular weight excluding hydrogens is 871 g/mol. The fraction of sp³-hybridized carbons (Fsp3) is 0.633. The fourth-order valence-electron chi connectivity index (χ4n) is 5.21. The van der Waals surface area contributed by atoms with Gasteiger partial charge in [-0.2, -0.15) is 4.31 Å². The van der Waals surface area contributed by atoms with Gasteiger partial charge in [-0.25, -0.2) is 28.6 Å². The number of hydrogen-bond acceptors (Lipinski definition) is 19. The Morgan fingerprint density at radius 2 is 1.75 bits per heavy atom. The second kappa shape index (κ2) is 22.2. The molecular formula is C30H48N7O18P3S. The molecule has 1 fully saturated rings. The maximum absolute atomic E-state index is 12.7. The number of allylic oxidation sites excluding steroid dienone is 1. The molecule has 332 valence electrons. The average Bonchev–Trinajstić information content (AvgIpc) is 3.70. The van der Waals surface area contributed by atoms with Crippen molar-refractivity contribution in [3.63, 3.8) is 0 Å². The van der Waals surface area contributed by atoms with Crippen molar-refractivity contribution in [1.82, 2.24) is 30.2 Å². The lowest BCUT2D eigenvalue weighted by Gasteiger charge is -2.30. The molecule has 0 aliphatic carbocycles. The number of nitrogens with two attached hydrogens (primary N) is 1. The molecule has 25 nitrogen and oxygen atoms in total. The van der Waals surface area contributed by atoms with E-state index in [1.807, 2.05) is 0 Å². The first kappa shape index (κ1) is 50.3. The van der Waals surface area contributed by atoms with Crippen LogP contribution in [-0.4, -0.2) is 128 Å². The number of ketones is 1. The summed E-state index contributed by atoms with van der Waals surface area (Å²) in [4.78, 5) is 99.5. The number of ether oxygens (including phenoxy) is 1. The Labute approximate surface area is 341 Å². The highest BCUT2D eigenvalue weighted by Crippen LogP contribution is 2.61. The number of hydrogen-bond donors (Lipinski definition) is 9. The third-order valence-corrected chi connectivity index (χ3v) is 12.2. The van der Waals surface area contributed by atoms with Crippen molar-refractivity contribution in [2.75, 3.05) is 37.8 Å². The molecule has 2 unspecified atom stereocenters. The van der Waals surface area contributed by atoms with Crippen molar-refractivity contribution < 1.29 is 85.3 Å². The molecule has 2 aromatic heterocycles. The van der Waals surface area contributed by atoms with Gasteiger partial charge in [-0.15, -0.1) is 6.58 Å². The summed E-state index contributed by atoms with van der Waals surface area (Å²) in [6.07, 6.45) is -2.90. The van der Waals surface area contributed by atoms with Gasteiger partial charge in [-0.1, -0.05) is 31.7 Å². The number of nitrogens with zero attached hydrogens (tertiary/aromatic N) is 4. The number of aromatic nitrogens is 4. The number of phosphoric ester groups is 3. The van der Waals surface area contributed by atoms with Gasteiger partial charge >= 0.3 is 23.5 Å². The number of carbonyl (C=O) groups is 4. The monoisotopic (exact) mass is 919 g/mol. The van der Waals surface area contributed by atoms with Crippen LogP contribution in [0.2, 0.25) is 0 Å². The topological polar surface area (TPSA) is 381 Å². The molecule has 3 rings (SSSR count). The summed E-state index contributed by atoms with van der Waals surface area (Å²) < 4.78 is 62.1. The summed E-state index contributed by atoms with van der Waals surface area (Å²) in [6, 6.07) is 0. The Hall–Kier alpha value is -3.03. The molecule has 1 aliphatic heterocycles. The van der Waals surface area contributed by atoms with E-state index in [1.54, 1.807) is 6.08 Å². The number of nitrogens with one attached hydrogen (secondary N) is 2. The average molecular weight is 920 g/mol. The maximum Gasteiger partial charge on any atom is 0.481 e. The van der Waals surface area contributed by atoms with Gasteiger partial charge in [0, 0.05) is 37.1 Å². The number of fused-ring (bicyclic) bond motifs is 1. The van der Waals surface area contributed by atoms with E-state index in [4.69, 9.17) is 19.5 Å². The third-order valence-electron chi connectivity index (χ3n) is 8.22. The normalized spacial score (nSPS) is 21.0. The SMILES string of the molecule is C=CCCCCC(=O)CC(=O)SCCNC(=O)CCNC(=O)[C@H](O)C(C)(C)COP(=O)(O)OP(=O)(O)OC[C@H]1O[C@@H](n2cnc3c(N)ncnc32)[C@H](O)[C@@H]1OP(=O)(O)O. The van der Waals surface area contributed by atoms with Crippen LogP contribution in [0.3, 0.4) is 0 Å². The van der Waals surface area contributed by atoms with Crippen molar-refractivity contribution in [3.8, 4) is 0 Å². The standard InChI is InChI=1S/C30H48N7O18P3S/c1-4-5-6-7-8-18(38)13-21(40)59-12-11-32-20(39)9-10-33-28(43)25(42)30(2,3)15-52-58(49,50)55-57(47,48)51-14-19-24(54-56(44,45)46)23(41)29(53-19)37-17-36-22-26(31)34-16-35-27(22)37/h4,16-17,19,23-25,29,41-42H,1,5-15H2,2-3H3,(H,32,39)(H,33,43)(H,47,48)(H,49,50)(H2,31,34,35)(H2,44,45,46)/t19-,23-,24-,25+,29-/m1/s1. The van der Waals surface area contributed by atoms with Crippen LogP contribution in [0.1, 0.15) is 58.6 Å². The van der Waals surface area contributed by atoms with Gasteiger partial charge in [0.05, 0.1) is 26.0 Å². The number of phosphoric acid groups is 3. The van der Waals surface area contributed by atoms with E-state index in [9.17, 15) is 62.7 Å². The number of anilines is 1. The minimum atomic E-state index is -5.59. The first-order chi connectivity index (χ1) is 27.4. The summed E-state index contributed by atoms with van der Waals surface area (Å²) in [5.41, 5.74) is 4.22. The predicted molar refractivity (Wildman–Crippen MR) is 205 cm³/mol. The van der Waals surface area contributed by atoms with Crippen molar-refractivity contribution in [3.05, 3.63) is 25.3 Å². The van der Waals surface area contributed by atoms with Crippen LogP contribution in [0.5, 0.6) is 0 Å². The maximum atomic E-state index is 12.7. The number of nitrogen functional groups attached to an aromatic ring is 1. The number of aliphatic hydroxyl groups excluding tert-OH is 2. The van der Waals surface area contributed by atoms with Gasteiger partial charge in [0.1, 0.15) is 42.0 Å². The molecule has 1 saturated heterocycles. The molecule has 0 spiro atoms. The van der Waals surface area contributed by atoms with Gasteiger partial charge in [0.2, 0.25) is 11.8 Å². The second-order valence-electron chi connectivity index (χ2n) is 13.5. The summed E-state index contributed by atoms with van der Waals surface area (Å²) in [5, 5.41) is 26.0. The van der Waals surface area contributed by atoms with Gasteiger partial charge in [-0.3, -0.25) is 37.3 Å². The first-order valence-electron chi connectivity index (χ1n) is 17.6. The van der Waals surface area contributed by atoms with Crippen molar-refractivity contribution in [1.29, 1.82) is 0 Å². The van der Waals surface area contributed by atoms with Crippen LogP contribution in [0.25, 0.3) is 11.2 Å². The summed E-state index contributed by atoms with van der Waals surface area (Å²) in [5.74, 6) is -1.48. The van der Waals surface area contributed by atoms with Crippen molar-refractivity contribution in [2.24, 2.45) is 5.41 Å². The zero-order valence-electron chi connectivity index (χ0n) is 31.8. The number of unbranched alkanes of at least 4 members (excludes halogenated alkanes) is 2. The van der Waals surface area contributed by atoms with Crippen LogP contribution in [0.15, 0.2) is 25.3 Å². The van der Waals surface area contributed by atoms with E-state index in [1.165, 1.54) is 13.8 Å². The Kier molecular flexibility index (Phi) is 18.9. The van der Waals surface area contributed by atoms with E-state index in [2.05, 4.69) is 41.0 Å². The van der Waals surface area contributed by atoms with Gasteiger partial charge in [0.25, 0.3) is 0 Å². The number of imidazole rings is 1. The lowest BCUT2D eigenvalue weighted by molar-refractivity contribution is -0.137. The number of Topliss-reactive ketones (excluding diaryl/α,β-unsaturated/α-hetero) is 1. The Morgan fingerprint density at radius 3 is 2.42 bits per heavy atom. The molecule has 2 aromatic rings. The molecule has 1 aliphatic rings. The molecule has 0 bridgehead atoms. The van der Waals surface area contributed by atoms with Gasteiger partial charge < -0.3 is 50.9 Å². The second-order valence-corrected chi connectivity index (χ2v) is 18.9. The molecule has 29 heteroatoms. The smallest absolute Gasteiger partial charge is 0.386 e. The molecule has 2 amide bonds. The predicted octanol–water partition coefficient (Wildman–Crippen LogP) is 0.370. The summed E-state index contributed by atoms with van der Waals surface area (Å²) >= 11 is 0.905.